The van der Waals surface area contributed by atoms with Crippen molar-refractivity contribution in [2.45, 2.75) is 25.9 Å². The van der Waals surface area contributed by atoms with E-state index in [1.165, 1.54) is 4.90 Å². The molecule has 0 radical (unpaired) electrons. The van der Waals surface area contributed by atoms with Crippen molar-refractivity contribution < 1.29 is 18.4 Å². The Morgan fingerprint density at radius 2 is 2.20 bits per heavy atom. The third-order valence-electron chi connectivity index (χ3n) is 2.66. The number of hydrogen-bond donors (Lipinski definition) is 1. The smallest absolute Gasteiger partial charge is 0.401 e. The van der Waals surface area contributed by atoms with E-state index in [1.807, 2.05) is 6.92 Å². The highest BCUT2D eigenvalue weighted by molar-refractivity contribution is 5.87. The van der Waals surface area contributed by atoms with Crippen molar-refractivity contribution in [3.8, 4) is 0 Å². The number of piperidine rings is 1. The predicted molar refractivity (Wildman–Crippen MR) is 50.1 cm³/mol. The second kappa shape index (κ2) is 4.83. The van der Waals surface area contributed by atoms with Crippen LogP contribution in [0.5, 0.6) is 0 Å². The van der Waals surface area contributed by atoms with Crippen molar-refractivity contribution in [1.82, 2.24) is 4.90 Å². The Labute approximate surface area is 86.6 Å². The van der Waals surface area contributed by atoms with Crippen LogP contribution in [0.2, 0.25) is 0 Å². The molecule has 1 fully saturated rings. The van der Waals surface area contributed by atoms with E-state index in [0.717, 1.165) is 0 Å². The summed E-state index contributed by atoms with van der Waals surface area (Å²) >= 11 is 0. The largest absolute Gasteiger partial charge is 0.411 e. The summed E-state index contributed by atoms with van der Waals surface area (Å²) in [5.74, 6) is -0.0499. The summed E-state index contributed by atoms with van der Waals surface area (Å²) < 4.78 is 36.4. The van der Waals surface area contributed by atoms with E-state index in [-0.39, 0.29) is 5.92 Å². The zero-order valence-electron chi connectivity index (χ0n) is 8.59. The first kappa shape index (κ1) is 12.3. The summed E-state index contributed by atoms with van der Waals surface area (Å²) in [7, 11) is 0. The number of oxime groups is 1. The van der Waals surface area contributed by atoms with Crippen molar-refractivity contribution in [3.63, 3.8) is 0 Å². The quantitative estimate of drug-likeness (QED) is 0.576. The average Bonchev–Trinajstić information content (AvgIpc) is 2.15. The van der Waals surface area contributed by atoms with E-state index in [4.69, 9.17) is 5.21 Å². The standard InChI is InChI=1S/C9H15F3N2O/c1-2-7-5-14(6-9(10,11)12)4-3-8(7)13-15/h7,15H,2-6H2,1H3. The van der Waals surface area contributed by atoms with Gasteiger partial charge in [0.05, 0.1) is 12.3 Å². The lowest BCUT2D eigenvalue weighted by Gasteiger charge is -2.33. The molecule has 0 aromatic carbocycles. The SMILES string of the molecule is CCC1CN(CC(F)(F)F)CCC1=NO. The molecule has 0 aromatic rings. The number of alkyl halides is 3. The summed E-state index contributed by atoms with van der Waals surface area (Å²) in [6.07, 6.45) is -3.02. The van der Waals surface area contributed by atoms with Gasteiger partial charge in [-0.05, 0) is 6.42 Å². The van der Waals surface area contributed by atoms with E-state index in [9.17, 15) is 13.2 Å². The number of likely N-dealkylation sites (tertiary alicyclic amines) is 1. The molecule has 1 aliphatic rings. The molecule has 6 heteroatoms. The monoisotopic (exact) mass is 224 g/mol. The van der Waals surface area contributed by atoms with Crippen LogP contribution in [0, 0.1) is 5.92 Å². The second-order valence-corrected chi connectivity index (χ2v) is 3.80. The highest BCUT2D eigenvalue weighted by atomic mass is 19.4. The fourth-order valence-corrected chi connectivity index (χ4v) is 1.88. The molecule has 0 aromatic heterocycles. The Hall–Kier alpha value is -0.780. The van der Waals surface area contributed by atoms with E-state index in [2.05, 4.69) is 5.16 Å². The van der Waals surface area contributed by atoms with Crippen LogP contribution in [0.1, 0.15) is 19.8 Å². The molecule has 1 heterocycles. The maximum Gasteiger partial charge on any atom is 0.401 e. The van der Waals surface area contributed by atoms with Crippen LogP contribution in [-0.4, -0.2) is 41.6 Å². The topological polar surface area (TPSA) is 35.8 Å². The summed E-state index contributed by atoms with van der Waals surface area (Å²) in [6, 6.07) is 0. The maximum absolute atomic E-state index is 12.1. The maximum atomic E-state index is 12.1. The molecule has 1 rings (SSSR count). The summed E-state index contributed by atoms with van der Waals surface area (Å²) in [5, 5.41) is 11.8. The Kier molecular flexibility index (Phi) is 3.96. The van der Waals surface area contributed by atoms with Gasteiger partial charge in [0.25, 0.3) is 0 Å². The molecule has 1 aliphatic heterocycles. The Morgan fingerprint density at radius 1 is 1.53 bits per heavy atom. The molecule has 0 amide bonds. The van der Waals surface area contributed by atoms with Crippen LogP contribution in [-0.2, 0) is 0 Å². The van der Waals surface area contributed by atoms with Crippen molar-refractivity contribution in [2.24, 2.45) is 11.1 Å². The zero-order chi connectivity index (χ0) is 11.5. The lowest BCUT2D eigenvalue weighted by molar-refractivity contribution is -0.147. The first-order valence-corrected chi connectivity index (χ1v) is 4.96. The molecule has 88 valence electrons. The van der Waals surface area contributed by atoms with Crippen LogP contribution >= 0.6 is 0 Å². The summed E-state index contributed by atoms with van der Waals surface area (Å²) in [6.45, 7) is 1.65. The minimum atomic E-state index is -4.15. The molecular formula is C9H15F3N2O. The number of rotatable bonds is 2. The van der Waals surface area contributed by atoms with E-state index < -0.39 is 12.7 Å². The molecule has 1 saturated heterocycles. The van der Waals surface area contributed by atoms with Gasteiger partial charge in [-0.1, -0.05) is 12.1 Å². The second-order valence-electron chi connectivity index (χ2n) is 3.80. The van der Waals surface area contributed by atoms with Crippen LogP contribution in [0.25, 0.3) is 0 Å². The van der Waals surface area contributed by atoms with Gasteiger partial charge in [-0.15, -0.1) is 0 Å². The molecule has 0 bridgehead atoms. The fraction of sp³-hybridized carbons (Fsp3) is 0.889. The highest BCUT2D eigenvalue weighted by Gasteiger charge is 2.34. The van der Waals surface area contributed by atoms with Crippen LogP contribution < -0.4 is 0 Å². The fourth-order valence-electron chi connectivity index (χ4n) is 1.88. The summed E-state index contributed by atoms with van der Waals surface area (Å²) in [4.78, 5) is 1.36. The van der Waals surface area contributed by atoms with Gasteiger partial charge in [0, 0.05) is 25.4 Å². The van der Waals surface area contributed by atoms with Crippen molar-refractivity contribution >= 4 is 5.71 Å². The molecule has 15 heavy (non-hydrogen) atoms. The zero-order valence-corrected chi connectivity index (χ0v) is 8.59. The molecule has 3 nitrogen and oxygen atoms in total. The highest BCUT2D eigenvalue weighted by Crippen LogP contribution is 2.22. The van der Waals surface area contributed by atoms with Gasteiger partial charge in [0.15, 0.2) is 0 Å². The molecule has 1 unspecified atom stereocenters. The lowest BCUT2D eigenvalue weighted by Crippen LogP contribution is -2.44. The predicted octanol–water partition coefficient (Wildman–Crippen LogP) is 2.11. The van der Waals surface area contributed by atoms with Gasteiger partial charge < -0.3 is 5.21 Å². The average molecular weight is 224 g/mol. The molecule has 0 aliphatic carbocycles. The van der Waals surface area contributed by atoms with Gasteiger partial charge in [-0.2, -0.15) is 13.2 Å². The Morgan fingerprint density at radius 3 is 2.67 bits per heavy atom. The number of hydrogen-bond acceptors (Lipinski definition) is 3. The Bertz CT molecular complexity index is 240. The van der Waals surface area contributed by atoms with Crippen molar-refractivity contribution in [2.75, 3.05) is 19.6 Å². The van der Waals surface area contributed by atoms with Crippen molar-refractivity contribution in [3.05, 3.63) is 0 Å². The lowest BCUT2D eigenvalue weighted by atomic mass is 9.93. The van der Waals surface area contributed by atoms with Gasteiger partial charge in [0.2, 0.25) is 0 Å². The summed E-state index contributed by atoms with van der Waals surface area (Å²) in [5.41, 5.74) is 0.621. The van der Waals surface area contributed by atoms with Gasteiger partial charge in [0.1, 0.15) is 0 Å². The van der Waals surface area contributed by atoms with Crippen molar-refractivity contribution in [1.29, 1.82) is 0 Å². The van der Waals surface area contributed by atoms with Crippen LogP contribution in [0.4, 0.5) is 13.2 Å². The third kappa shape index (κ3) is 3.70. The molecular weight excluding hydrogens is 209 g/mol. The first-order chi connectivity index (χ1) is 6.96. The first-order valence-electron chi connectivity index (χ1n) is 4.96. The molecule has 0 spiro atoms. The van der Waals surface area contributed by atoms with E-state index in [0.29, 0.717) is 31.6 Å². The Balaban J connectivity index is 2.54. The number of nitrogens with zero attached hydrogens (tertiary/aromatic N) is 2. The van der Waals surface area contributed by atoms with Crippen LogP contribution in [0.3, 0.4) is 0 Å². The molecule has 1 atom stereocenters. The molecule has 0 saturated carbocycles. The van der Waals surface area contributed by atoms with E-state index in [1.54, 1.807) is 0 Å². The van der Waals surface area contributed by atoms with Gasteiger partial charge in [-0.3, -0.25) is 4.90 Å². The van der Waals surface area contributed by atoms with Gasteiger partial charge in [-0.25, -0.2) is 0 Å². The normalized spacial score (nSPS) is 27.2. The molecule has 1 N–H and O–H groups in total. The number of halogens is 3. The third-order valence-corrected chi connectivity index (χ3v) is 2.66. The minimum absolute atomic E-state index is 0.0499. The van der Waals surface area contributed by atoms with Gasteiger partial charge >= 0.3 is 6.18 Å². The van der Waals surface area contributed by atoms with Crippen LogP contribution in [0.15, 0.2) is 5.16 Å². The van der Waals surface area contributed by atoms with E-state index >= 15 is 0 Å². The minimum Gasteiger partial charge on any atom is -0.411 e.